The Bertz CT molecular complexity index is 946. The molecule has 1 aromatic carbocycles. The summed E-state index contributed by atoms with van der Waals surface area (Å²) in [5, 5.41) is 14.5. The van der Waals surface area contributed by atoms with Crippen molar-refractivity contribution in [1.82, 2.24) is 10.3 Å². The van der Waals surface area contributed by atoms with Crippen molar-refractivity contribution < 1.29 is 9.21 Å². The van der Waals surface area contributed by atoms with E-state index in [-0.39, 0.29) is 5.91 Å². The van der Waals surface area contributed by atoms with E-state index in [9.17, 15) is 4.79 Å². The van der Waals surface area contributed by atoms with E-state index in [0.717, 1.165) is 16.3 Å². The van der Waals surface area contributed by atoms with E-state index >= 15 is 0 Å². The lowest BCUT2D eigenvalue weighted by Crippen LogP contribution is -2.19. The van der Waals surface area contributed by atoms with Crippen LogP contribution >= 0.6 is 11.3 Å². The number of furan rings is 1. The molecule has 0 aliphatic rings. The Balaban J connectivity index is 1.54. The summed E-state index contributed by atoms with van der Waals surface area (Å²) in [5.74, 6) is 1.15. The molecular formula is C19H15N3O2S. The Morgan fingerprint density at radius 1 is 1.32 bits per heavy atom. The van der Waals surface area contributed by atoms with Gasteiger partial charge in [-0.3, -0.25) is 4.79 Å². The molecule has 0 aliphatic carbocycles. The van der Waals surface area contributed by atoms with Crippen LogP contribution in [0.4, 0.5) is 0 Å². The van der Waals surface area contributed by atoms with Crippen molar-refractivity contribution in [3.05, 3.63) is 69.7 Å². The van der Waals surface area contributed by atoms with E-state index in [1.54, 1.807) is 41.7 Å². The van der Waals surface area contributed by atoms with Crippen molar-refractivity contribution in [1.29, 1.82) is 5.26 Å². The number of benzene rings is 1. The molecule has 0 fully saturated rings. The third-order valence-corrected chi connectivity index (χ3v) is 4.21. The largest absolute Gasteiger partial charge is 0.458 e. The lowest BCUT2D eigenvalue weighted by Gasteiger charge is -1.99. The van der Waals surface area contributed by atoms with Crippen LogP contribution in [0.3, 0.4) is 0 Å². The Morgan fingerprint density at radius 2 is 2.12 bits per heavy atom. The minimum atomic E-state index is -0.216. The van der Waals surface area contributed by atoms with Crippen LogP contribution in [0, 0.1) is 18.3 Å². The molecule has 2 heterocycles. The number of rotatable bonds is 5. The van der Waals surface area contributed by atoms with Gasteiger partial charge >= 0.3 is 0 Å². The van der Waals surface area contributed by atoms with Gasteiger partial charge in [-0.1, -0.05) is 12.1 Å². The normalized spacial score (nSPS) is 10.7. The average molecular weight is 349 g/mol. The van der Waals surface area contributed by atoms with E-state index in [4.69, 9.17) is 9.68 Å². The molecule has 124 valence electrons. The number of hydrogen-bond donors (Lipinski definition) is 1. The number of carbonyl (C=O) groups excluding carboxylic acids is 1. The summed E-state index contributed by atoms with van der Waals surface area (Å²) in [7, 11) is 0. The quantitative estimate of drug-likeness (QED) is 0.708. The molecule has 5 nitrogen and oxygen atoms in total. The Kier molecular flexibility index (Phi) is 5.07. The highest BCUT2D eigenvalue weighted by Crippen LogP contribution is 2.23. The fourth-order valence-corrected chi connectivity index (χ4v) is 2.76. The molecule has 1 amide bonds. The number of thiazole rings is 1. The van der Waals surface area contributed by atoms with E-state index in [0.29, 0.717) is 23.6 Å². The number of amides is 1. The van der Waals surface area contributed by atoms with Gasteiger partial charge in [0.25, 0.3) is 0 Å². The van der Waals surface area contributed by atoms with E-state index < -0.39 is 0 Å². The van der Waals surface area contributed by atoms with Crippen LogP contribution in [0.5, 0.6) is 0 Å². The Morgan fingerprint density at radius 3 is 2.80 bits per heavy atom. The van der Waals surface area contributed by atoms with Crippen LogP contribution in [-0.2, 0) is 11.3 Å². The minimum absolute atomic E-state index is 0.216. The number of nitrogens with one attached hydrogen (secondary N) is 1. The Hall–Kier alpha value is -3.17. The van der Waals surface area contributed by atoms with Gasteiger partial charge in [0.05, 0.1) is 23.2 Å². The summed E-state index contributed by atoms with van der Waals surface area (Å²) in [6.07, 6.45) is 3.15. The lowest BCUT2D eigenvalue weighted by atomic mass is 10.1. The molecule has 3 aromatic rings. The molecule has 0 unspecified atom stereocenters. The van der Waals surface area contributed by atoms with Crippen LogP contribution < -0.4 is 5.32 Å². The molecule has 0 saturated carbocycles. The highest BCUT2D eigenvalue weighted by Gasteiger charge is 2.08. The molecule has 2 aromatic heterocycles. The molecule has 1 N–H and O–H groups in total. The monoisotopic (exact) mass is 349 g/mol. The average Bonchev–Trinajstić information content (AvgIpc) is 3.27. The van der Waals surface area contributed by atoms with Gasteiger partial charge in [0.2, 0.25) is 5.91 Å². The number of carbonyl (C=O) groups is 1. The predicted molar refractivity (Wildman–Crippen MR) is 96.6 cm³/mol. The van der Waals surface area contributed by atoms with Gasteiger partial charge in [0.1, 0.15) is 11.5 Å². The standard InChI is InChI=1S/C19H15N3O2S/c1-13-22-17(12-25-13)18-8-7-16(24-18)11-21-19(23)9-6-14-2-4-15(10-20)5-3-14/h2-9,12H,11H2,1H3,(H,21,23)/b9-6+. The molecule has 3 rings (SSSR count). The third kappa shape index (κ3) is 4.43. The predicted octanol–water partition coefficient (Wildman–Crippen LogP) is 3.91. The molecule has 0 bridgehead atoms. The summed E-state index contributed by atoms with van der Waals surface area (Å²) in [5.41, 5.74) is 2.25. The molecule has 0 aliphatic heterocycles. The van der Waals surface area contributed by atoms with Crippen LogP contribution in [0.25, 0.3) is 17.5 Å². The number of nitrogens with zero attached hydrogens (tertiary/aromatic N) is 2. The summed E-state index contributed by atoms with van der Waals surface area (Å²) in [4.78, 5) is 16.3. The van der Waals surface area contributed by atoms with Gasteiger partial charge in [0, 0.05) is 11.5 Å². The first-order valence-electron chi connectivity index (χ1n) is 7.61. The maximum absolute atomic E-state index is 11.9. The van der Waals surface area contributed by atoms with Crippen molar-refractivity contribution in [2.24, 2.45) is 0 Å². The van der Waals surface area contributed by atoms with Gasteiger partial charge in [-0.25, -0.2) is 4.98 Å². The minimum Gasteiger partial charge on any atom is -0.458 e. The van der Waals surface area contributed by atoms with Gasteiger partial charge < -0.3 is 9.73 Å². The smallest absolute Gasteiger partial charge is 0.244 e. The molecule has 0 radical (unpaired) electrons. The van der Waals surface area contributed by atoms with Crippen LogP contribution in [0.15, 0.2) is 52.3 Å². The molecule has 6 heteroatoms. The van der Waals surface area contributed by atoms with Gasteiger partial charge in [-0.2, -0.15) is 5.26 Å². The number of aryl methyl sites for hydroxylation is 1. The van der Waals surface area contributed by atoms with Gasteiger partial charge in [-0.05, 0) is 42.8 Å². The molecular weight excluding hydrogens is 334 g/mol. The third-order valence-electron chi connectivity index (χ3n) is 3.44. The highest BCUT2D eigenvalue weighted by molar-refractivity contribution is 7.09. The second-order valence-corrected chi connectivity index (χ2v) is 6.36. The van der Waals surface area contributed by atoms with Crippen LogP contribution in [0.2, 0.25) is 0 Å². The zero-order valence-electron chi connectivity index (χ0n) is 13.5. The van der Waals surface area contributed by atoms with Crippen molar-refractivity contribution in [2.45, 2.75) is 13.5 Å². The van der Waals surface area contributed by atoms with Crippen molar-refractivity contribution in [3.63, 3.8) is 0 Å². The first-order chi connectivity index (χ1) is 12.1. The first kappa shape index (κ1) is 16.7. The van der Waals surface area contributed by atoms with Gasteiger partial charge in [0.15, 0.2) is 5.76 Å². The first-order valence-corrected chi connectivity index (χ1v) is 8.49. The fourth-order valence-electron chi connectivity index (χ4n) is 2.16. The van der Waals surface area contributed by atoms with Crippen molar-refractivity contribution in [3.8, 4) is 17.5 Å². The maximum Gasteiger partial charge on any atom is 0.244 e. The summed E-state index contributed by atoms with van der Waals surface area (Å²) in [6, 6.07) is 12.7. The Labute approximate surface area is 149 Å². The van der Waals surface area contributed by atoms with Gasteiger partial charge in [-0.15, -0.1) is 11.3 Å². The van der Waals surface area contributed by atoms with E-state index in [2.05, 4.69) is 16.4 Å². The van der Waals surface area contributed by atoms with E-state index in [1.807, 2.05) is 24.4 Å². The van der Waals surface area contributed by atoms with Crippen LogP contribution in [0.1, 0.15) is 21.9 Å². The van der Waals surface area contributed by atoms with Crippen LogP contribution in [-0.4, -0.2) is 10.9 Å². The lowest BCUT2D eigenvalue weighted by molar-refractivity contribution is -0.116. The zero-order valence-corrected chi connectivity index (χ0v) is 14.3. The molecule has 25 heavy (non-hydrogen) atoms. The summed E-state index contributed by atoms with van der Waals surface area (Å²) >= 11 is 1.57. The van der Waals surface area contributed by atoms with Crippen molar-refractivity contribution in [2.75, 3.05) is 0 Å². The summed E-state index contributed by atoms with van der Waals surface area (Å²) in [6.45, 7) is 2.25. The molecule has 0 saturated heterocycles. The maximum atomic E-state index is 11.9. The van der Waals surface area contributed by atoms with Crippen molar-refractivity contribution >= 4 is 23.3 Å². The highest BCUT2D eigenvalue weighted by atomic mass is 32.1. The second-order valence-electron chi connectivity index (χ2n) is 5.30. The molecule has 0 spiro atoms. The topological polar surface area (TPSA) is 78.9 Å². The summed E-state index contributed by atoms with van der Waals surface area (Å²) < 4.78 is 5.70. The van der Waals surface area contributed by atoms with E-state index in [1.165, 1.54) is 6.08 Å². The fraction of sp³-hybridized carbons (Fsp3) is 0.105. The number of nitriles is 1. The SMILES string of the molecule is Cc1nc(-c2ccc(CNC(=O)/C=C/c3ccc(C#N)cc3)o2)cs1. The number of hydrogen-bond acceptors (Lipinski definition) is 5. The number of aromatic nitrogens is 1. The molecule has 0 atom stereocenters. The zero-order chi connectivity index (χ0) is 17.6. The second kappa shape index (κ2) is 7.60.